The minimum atomic E-state index is -1.73. The molecule has 1 rings (SSSR count). The maximum absolute atomic E-state index is 14.0. The van der Waals surface area contributed by atoms with Gasteiger partial charge in [0, 0.05) is 6.20 Å². The van der Waals surface area contributed by atoms with E-state index in [1.165, 1.54) is 6.92 Å². The van der Waals surface area contributed by atoms with Crippen LogP contribution in [0.3, 0.4) is 0 Å². The molecule has 0 fully saturated rings. The molecule has 1 N–H and O–H groups in total. The molecule has 0 aromatic heterocycles. The Kier molecular flexibility index (Phi) is 6.78. The zero-order valence-corrected chi connectivity index (χ0v) is 13.2. The highest BCUT2D eigenvalue weighted by Crippen LogP contribution is 2.26. The van der Waals surface area contributed by atoms with Gasteiger partial charge in [0.1, 0.15) is 0 Å². The molecule has 0 bridgehead atoms. The molecule has 0 saturated heterocycles. The zero-order valence-electron chi connectivity index (χ0n) is 13.2. The number of hydrogen-bond acceptors (Lipinski definition) is 6. The highest BCUT2D eigenvalue weighted by atomic mass is 19.2. The lowest BCUT2D eigenvalue weighted by Crippen LogP contribution is -2.34. The van der Waals surface area contributed by atoms with E-state index in [-0.39, 0.29) is 0 Å². The van der Waals surface area contributed by atoms with Gasteiger partial charge >= 0.3 is 11.9 Å². The van der Waals surface area contributed by atoms with Crippen LogP contribution in [0.1, 0.15) is 6.92 Å². The molecule has 0 aliphatic rings. The van der Waals surface area contributed by atoms with Crippen molar-refractivity contribution in [2.75, 3.05) is 25.7 Å². The van der Waals surface area contributed by atoms with E-state index in [2.05, 4.69) is 9.47 Å². The number of esters is 2. The number of ether oxygens (including phenoxy) is 2. The minimum absolute atomic E-state index is 0.485. The predicted octanol–water partition coefficient (Wildman–Crippen LogP) is 1.52. The van der Waals surface area contributed by atoms with Crippen LogP contribution in [0.4, 0.5) is 18.9 Å². The van der Waals surface area contributed by atoms with Crippen LogP contribution in [-0.2, 0) is 19.1 Å². The molecule has 9 heteroatoms. The summed E-state index contributed by atoms with van der Waals surface area (Å²) in [6, 6.07) is 0.700. The lowest BCUT2D eigenvalue weighted by molar-refractivity contribution is -0.144. The number of rotatable bonds is 6. The fraction of sp³-hybridized carbons (Fsp3) is 0.333. The lowest BCUT2D eigenvalue weighted by Gasteiger charge is -2.27. The number of carbonyl (C=O) groups excluding carboxylic acids is 2. The summed E-state index contributed by atoms with van der Waals surface area (Å²) < 4.78 is 49.4. The second kappa shape index (κ2) is 8.34. The first-order valence-electron chi connectivity index (χ1n) is 6.69. The Morgan fingerprint density at radius 2 is 1.71 bits per heavy atom. The summed E-state index contributed by atoms with van der Waals surface area (Å²) in [5.41, 5.74) is -1.11. The first kappa shape index (κ1) is 19.5. The van der Waals surface area contributed by atoms with Crippen molar-refractivity contribution in [1.29, 1.82) is 0 Å². The molecule has 0 spiro atoms. The molecule has 1 aromatic carbocycles. The summed E-state index contributed by atoms with van der Waals surface area (Å²) in [5.74, 6) is -6.84. The van der Waals surface area contributed by atoms with Gasteiger partial charge < -0.3 is 19.5 Å². The molecule has 0 aliphatic carbocycles. The van der Waals surface area contributed by atoms with Crippen LogP contribution in [0.15, 0.2) is 23.9 Å². The van der Waals surface area contributed by atoms with Gasteiger partial charge in [-0.05, 0) is 19.1 Å². The second-order valence-electron chi connectivity index (χ2n) is 4.66. The van der Waals surface area contributed by atoms with Gasteiger partial charge in [-0.1, -0.05) is 0 Å². The summed E-state index contributed by atoms with van der Waals surface area (Å²) >= 11 is 0. The normalized spacial score (nSPS) is 11.5. The summed E-state index contributed by atoms with van der Waals surface area (Å²) in [7, 11) is 2.02. The van der Waals surface area contributed by atoms with Crippen molar-refractivity contribution in [3.63, 3.8) is 0 Å². The fourth-order valence-corrected chi connectivity index (χ4v) is 1.79. The topological polar surface area (TPSA) is 76.1 Å². The zero-order chi connectivity index (χ0) is 18.4. The van der Waals surface area contributed by atoms with Gasteiger partial charge in [0.15, 0.2) is 23.0 Å². The SMILES string of the molecule is COC(=O)C(=CN(c1ccc(F)c(F)c1F)[C@@H](C)CO)C(=O)OC. The Morgan fingerprint density at radius 1 is 1.17 bits per heavy atom. The van der Waals surface area contributed by atoms with E-state index in [1.807, 2.05) is 0 Å². The Hall–Kier alpha value is -2.55. The number of halogens is 3. The molecule has 1 aromatic rings. The van der Waals surface area contributed by atoms with Crippen molar-refractivity contribution in [3.05, 3.63) is 41.4 Å². The third-order valence-electron chi connectivity index (χ3n) is 3.11. The molecule has 0 radical (unpaired) electrons. The molecule has 0 aliphatic heterocycles. The van der Waals surface area contributed by atoms with E-state index in [0.717, 1.165) is 31.4 Å². The summed E-state index contributed by atoms with van der Waals surface area (Å²) in [4.78, 5) is 24.3. The maximum atomic E-state index is 14.0. The average molecular weight is 347 g/mol. The van der Waals surface area contributed by atoms with Crippen LogP contribution in [-0.4, -0.2) is 43.9 Å². The van der Waals surface area contributed by atoms with Crippen LogP contribution < -0.4 is 4.90 Å². The average Bonchev–Trinajstić information content (AvgIpc) is 2.59. The monoisotopic (exact) mass is 347 g/mol. The Bertz CT molecular complexity index is 645. The lowest BCUT2D eigenvalue weighted by atomic mass is 10.2. The van der Waals surface area contributed by atoms with Crippen molar-refractivity contribution in [1.82, 2.24) is 0 Å². The number of aliphatic hydroxyl groups excluding tert-OH is 1. The van der Waals surface area contributed by atoms with E-state index in [9.17, 15) is 27.9 Å². The van der Waals surface area contributed by atoms with E-state index in [0.29, 0.717) is 6.07 Å². The third kappa shape index (κ3) is 4.05. The third-order valence-corrected chi connectivity index (χ3v) is 3.11. The molecule has 0 unspecified atom stereocenters. The van der Waals surface area contributed by atoms with Crippen LogP contribution in [0.25, 0.3) is 0 Å². The largest absolute Gasteiger partial charge is 0.465 e. The highest BCUT2D eigenvalue weighted by molar-refractivity contribution is 6.14. The molecule has 1 atom stereocenters. The van der Waals surface area contributed by atoms with Crippen LogP contribution in [0.2, 0.25) is 0 Å². The van der Waals surface area contributed by atoms with E-state index in [1.54, 1.807) is 0 Å². The number of anilines is 1. The van der Waals surface area contributed by atoms with E-state index in [4.69, 9.17) is 0 Å². The fourth-order valence-electron chi connectivity index (χ4n) is 1.79. The number of benzene rings is 1. The number of carbonyl (C=O) groups is 2. The van der Waals surface area contributed by atoms with Crippen LogP contribution >= 0.6 is 0 Å². The van der Waals surface area contributed by atoms with Crippen molar-refractivity contribution >= 4 is 17.6 Å². The van der Waals surface area contributed by atoms with E-state index < -0.39 is 53.3 Å². The van der Waals surface area contributed by atoms with Crippen LogP contribution in [0, 0.1) is 17.5 Å². The van der Waals surface area contributed by atoms with Crippen molar-refractivity contribution in [3.8, 4) is 0 Å². The first-order valence-corrected chi connectivity index (χ1v) is 6.69. The molecule has 6 nitrogen and oxygen atoms in total. The van der Waals surface area contributed by atoms with Crippen molar-refractivity contribution in [2.24, 2.45) is 0 Å². The first-order chi connectivity index (χ1) is 11.3. The number of aliphatic hydroxyl groups is 1. The van der Waals surface area contributed by atoms with Gasteiger partial charge in [-0.25, -0.2) is 22.8 Å². The molecule has 0 saturated carbocycles. The highest BCUT2D eigenvalue weighted by Gasteiger charge is 2.26. The van der Waals surface area contributed by atoms with Gasteiger partial charge in [-0.2, -0.15) is 0 Å². The summed E-state index contributed by atoms with van der Waals surface area (Å²) in [5, 5.41) is 9.29. The minimum Gasteiger partial charge on any atom is -0.465 e. The summed E-state index contributed by atoms with van der Waals surface area (Å²) in [6.45, 7) is 0.869. The summed E-state index contributed by atoms with van der Waals surface area (Å²) in [6.07, 6.45) is 0.842. The number of methoxy groups -OCH3 is 2. The van der Waals surface area contributed by atoms with Crippen LogP contribution in [0.5, 0.6) is 0 Å². The number of nitrogens with zero attached hydrogens (tertiary/aromatic N) is 1. The van der Waals surface area contributed by atoms with E-state index >= 15 is 0 Å². The Balaban J connectivity index is 3.52. The molecular formula is C15H16F3NO5. The molecule has 132 valence electrons. The molecular weight excluding hydrogens is 331 g/mol. The Labute approximate surface area is 136 Å². The van der Waals surface area contributed by atoms with Gasteiger partial charge in [-0.15, -0.1) is 0 Å². The smallest absolute Gasteiger partial charge is 0.346 e. The molecule has 24 heavy (non-hydrogen) atoms. The number of hydrogen-bond donors (Lipinski definition) is 1. The van der Waals surface area contributed by atoms with Crippen molar-refractivity contribution < 1.29 is 37.3 Å². The van der Waals surface area contributed by atoms with Gasteiger partial charge in [0.2, 0.25) is 0 Å². The van der Waals surface area contributed by atoms with Gasteiger partial charge in [-0.3, -0.25) is 0 Å². The van der Waals surface area contributed by atoms with Crippen molar-refractivity contribution in [2.45, 2.75) is 13.0 Å². The van der Waals surface area contributed by atoms with Gasteiger partial charge in [0.25, 0.3) is 0 Å². The Morgan fingerprint density at radius 3 is 2.17 bits per heavy atom. The maximum Gasteiger partial charge on any atom is 0.346 e. The molecule has 0 heterocycles. The van der Waals surface area contributed by atoms with Gasteiger partial charge in [0.05, 0.1) is 32.6 Å². The standard InChI is InChI=1S/C15H16F3NO5/c1-8(7-20)19(6-9(14(21)23-2)15(22)24-3)11-5-4-10(16)12(17)13(11)18/h4-6,8,20H,7H2,1-3H3/t8-/m0/s1. The second-order valence-corrected chi connectivity index (χ2v) is 4.66. The molecule has 0 amide bonds. The quantitative estimate of drug-likeness (QED) is 0.276. The predicted molar refractivity (Wildman–Crippen MR) is 77.5 cm³/mol.